The Morgan fingerprint density at radius 2 is 2.05 bits per heavy atom. The number of anilines is 1. The molecule has 20 heavy (non-hydrogen) atoms. The number of rotatable bonds is 4. The van der Waals surface area contributed by atoms with Crippen LogP contribution in [0.1, 0.15) is 39.7 Å². The third-order valence-electron chi connectivity index (χ3n) is 4.44. The van der Waals surface area contributed by atoms with Crippen LogP contribution in [0.5, 0.6) is 0 Å². The molecule has 3 heteroatoms. The lowest BCUT2D eigenvalue weighted by Gasteiger charge is -2.37. The molecule has 0 aliphatic carbocycles. The average molecular weight is 295 g/mol. The van der Waals surface area contributed by atoms with Crippen LogP contribution >= 0.6 is 11.6 Å². The Hall–Kier alpha value is -0.730. The molecular formula is C17H27ClN2. The van der Waals surface area contributed by atoms with Crippen LogP contribution in [-0.2, 0) is 6.54 Å². The van der Waals surface area contributed by atoms with Crippen LogP contribution in [0.15, 0.2) is 18.2 Å². The highest BCUT2D eigenvalue weighted by Crippen LogP contribution is 2.29. The van der Waals surface area contributed by atoms with Crippen LogP contribution in [0.25, 0.3) is 0 Å². The van der Waals surface area contributed by atoms with Gasteiger partial charge in [0.25, 0.3) is 0 Å². The van der Waals surface area contributed by atoms with Gasteiger partial charge in [0.2, 0.25) is 0 Å². The molecule has 1 fully saturated rings. The van der Waals surface area contributed by atoms with Crippen molar-refractivity contribution in [1.29, 1.82) is 0 Å². The summed E-state index contributed by atoms with van der Waals surface area (Å²) in [5, 5.41) is 4.29. The van der Waals surface area contributed by atoms with Gasteiger partial charge >= 0.3 is 0 Å². The van der Waals surface area contributed by atoms with Crippen LogP contribution < -0.4 is 10.2 Å². The number of halogens is 1. The van der Waals surface area contributed by atoms with E-state index in [1.165, 1.54) is 17.7 Å². The molecule has 1 aliphatic heterocycles. The summed E-state index contributed by atoms with van der Waals surface area (Å²) in [6.07, 6.45) is 1.27. The van der Waals surface area contributed by atoms with Crippen molar-refractivity contribution in [3.63, 3.8) is 0 Å². The zero-order chi connectivity index (χ0) is 14.7. The topological polar surface area (TPSA) is 15.3 Å². The van der Waals surface area contributed by atoms with E-state index in [0.717, 1.165) is 36.5 Å². The molecule has 0 spiro atoms. The first-order valence-electron chi connectivity index (χ1n) is 7.74. The number of hydrogen-bond acceptors (Lipinski definition) is 2. The molecule has 1 N–H and O–H groups in total. The molecule has 0 aromatic heterocycles. The van der Waals surface area contributed by atoms with Gasteiger partial charge in [-0.1, -0.05) is 45.4 Å². The van der Waals surface area contributed by atoms with Crippen molar-refractivity contribution in [3.8, 4) is 0 Å². The lowest BCUT2D eigenvalue weighted by atomic mass is 9.88. The Bertz CT molecular complexity index is 445. The molecule has 0 radical (unpaired) electrons. The molecule has 2 nitrogen and oxygen atoms in total. The second kappa shape index (κ2) is 6.82. The van der Waals surface area contributed by atoms with Gasteiger partial charge in [0, 0.05) is 36.4 Å². The summed E-state index contributed by atoms with van der Waals surface area (Å²) in [7, 11) is 0. The van der Waals surface area contributed by atoms with Crippen LogP contribution in [0, 0.1) is 11.8 Å². The summed E-state index contributed by atoms with van der Waals surface area (Å²) in [6.45, 7) is 12.1. The van der Waals surface area contributed by atoms with Gasteiger partial charge in [-0.15, -0.1) is 0 Å². The van der Waals surface area contributed by atoms with E-state index in [0.29, 0.717) is 6.04 Å². The predicted molar refractivity (Wildman–Crippen MR) is 88.6 cm³/mol. The van der Waals surface area contributed by atoms with Crippen LogP contribution in [0.2, 0.25) is 5.02 Å². The van der Waals surface area contributed by atoms with Crippen molar-refractivity contribution in [2.45, 2.75) is 46.7 Å². The van der Waals surface area contributed by atoms with Crippen LogP contribution in [0.3, 0.4) is 0 Å². The molecule has 112 valence electrons. The minimum Gasteiger partial charge on any atom is -0.371 e. The van der Waals surface area contributed by atoms with Gasteiger partial charge in [-0.2, -0.15) is 0 Å². The predicted octanol–water partition coefficient (Wildman–Crippen LogP) is 4.32. The second-order valence-electron chi connectivity index (χ2n) is 6.50. The van der Waals surface area contributed by atoms with Crippen molar-refractivity contribution < 1.29 is 0 Å². The largest absolute Gasteiger partial charge is 0.371 e. The van der Waals surface area contributed by atoms with Gasteiger partial charge in [-0.25, -0.2) is 0 Å². The molecule has 2 unspecified atom stereocenters. The average Bonchev–Trinajstić information content (AvgIpc) is 2.40. The molecule has 2 rings (SSSR count). The normalized spacial score (nSPS) is 23.4. The maximum absolute atomic E-state index is 6.43. The summed E-state index contributed by atoms with van der Waals surface area (Å²) in [5.41, 5.74) is 2.45. The highest BCUT2D eigenvalue weighted by atomic mass is 35.5. The minimum atomic E-state index is 0.482. The third kappa shape index (κ3) is 3.89. The molecule has 1 saturated heterocycles. The first-order chi connectivity index (χ1) is 9.47. The van der Waals surface area contributed by atoms with Gasteiger partial charge in [0.15, 0.2) is 0 Å². The zero-order valence-corrected chi connectivity index (χ0v) is 13.9. The van der Waals surface area contributed by atoms with Crippen molar-refractivity contribution in [1.82, 2.24) is 5.32 Å². The molecule has 2 atom stereocenters. The van der Waals surface area contributed by atoms with E-state index in [4.69, 9.17) is 11.6 Å². The lowest BCUT2D eigenvalue weighted by molar-refractivity contribution is 0.324. The van der Waals surface area contributed by atoms with Gasteiger partial charge in [-0.05, 0) is 36.0 Å². The van der Waals surface area contributed by atoms with E-state index in [2.05, 4.69) is 56.1 Å². The van der Waals surface area contributed by atoms with E-state index in [-0.39, 0.29) is 0 Å². The van der Waals surface area contributed by atoms with E-state index in [1.54, 1.807) is 0 Å². The monoisotopic (exact) mass is 294 g/mol. The molecular weight excluding hydrogens is 268 g/mol. The van der Waals surface area contributed by atoms with E-state index < -0.39 is 0 Å². The summed E-state index contributed by atoms with van der Waals surface area (Å²) >= 11 is 6.43. The Balaban J connectivity index is 2.05. The summed E-state index contributed by atoms with van der Waals surface area (Å²) < 4.78 is 0. The summed E-state index contributed by atoms with van der Waals surface area (Å²) in [6, 6.07) is 6.98. The molecule has 0 amide bonds. The Morgan fingerprint density at radius 1 is 1.30 bits per heavy atom. The van der Waals surface area contributed by atoms with E-state index in [9.17, 15) is 0 Å². The first-order valence-corrected chi connectivity index (χ1v) is 8.12. The van der Waals surface area contributed by atoms with Gasteiger partial charge < -0.3 is 10.2 Å². The Morgan fingerprint density at radius 3 is 2.65 bits per heavy atom. The van der Waals surface area contributed by atoms with Gasteiger partial charge in [0.1, 0.15) is 0 Å². The maximum atomic E-state index is 6.43. The molecule has 0 bridgehead atoms. The molecule has 0 saturated carbocycles. The van der Waals surface area contributed by atoms with Gasteiger partial charge in [-0.3, -0.25) is 0 Å². The molecule has 1 heterocycles. The number of benzene rings is 1. The van der Waals surface area contributed by atoms with Gasteiger partial charge in [0.05, 0.1) is 0 Å². The van der Waals surface area contributed by atoms with E-state index >= 15 is 0 Å². The fraction of sp³-hybridized carbons (Fsp3) is 0.647. The Labute approximate surface area is 128 Å². The SMILES string of the molecule is CC(C)NCc1ccc(N2CCC(C)C(C)C2)cc1Cl. The summed E-state index contributed by atoms with van der Waals surface area (Å²) in [4.78, 5) is 2.47. The highest BCUT2D eigenvalue weighted by Gasteiger charge is 2.23. The molecule has 1 aliphatic rings. The van der Waals surface area contributed by atoms with Crippen molar-refractivity contribution in [2.24, 2.45) is 11.8 Å². The van der Waals surface area contributed by atoms with E-state index in [1.807, 2.05) is 0 Å². The smallest absolute Gasteiger partial charge is 0.0471 e. The lowest BCUT2D eigenvalue weighted by Crippen LogP contribution is -2.38. The Kier molecular flexibility index (Phi) is 5.34. The van der Waals surface area contributed by atoms with Crippen molar-refractivity contribution in [3.05, 3.63) is 28.8 Å². The second-order valence-corrected chi connectivity index (χ2v) is 6.91. The van der Waals surface area contributed by atoms with Crippen LogP contribution in [-0.4, -0.2) is 19.1 Å². The fourth-order valence-electron chi connectivity index (χ4n) is 2.69. The number of nitrogens with zero attached hydrogens (tertiary/aromatic N) is 1. The minimum absolute atomic E-state index is 0.482. The maximum Gasteiger partial charge on any atom is 0.0471 e. The number of nitrogens with one attached hydrogen (secondary N) is 1. The summed E-state index contributed by atoms with van der Waals surface area (Å²) in [5.74, 6) is 1.58. The first kappa shape index (κ1) is 15.7. The number of piperidine rings is 1. The molecule has 1 aromatic carbocycles. The number of hydrogen-bond donors (Lipinski definition) is 1. The van der Waals surface area contributed by atoms with Crippen LogP contribution in [0.4, 0.5) is 5.69 Å². The standard InChI is InChI=1S/C17H27ClN2/c1-12(2)19-10-15-5-6-16(9-17(15)18)20-8-7-13(3)14(4)11-20/h5-6,9,12-14,19H,7-8,10-11H2,1-4H3. The zero-order valence-electron chi connectivity index (χ0n) is 13.1. The van der Waals surface area contributed by atoms with Crippen molar-refractivity contribution >= 4 is 17.3 Å². The quantitative estimate of drug-likeness (QED) is 0.889. The van der Waals surface area contributed by atoms with Crippen molar-refractivity contribution in [2.75, 3.05) is 18.0 Å². The highest BCUT2D eigenvalue weighted by molar-refractivity contribution is 6.31. The molecule has 1 aromatic rings. The fourth-order valence-corrected chi connectivity index (χ4v) is 2.93. The third-order valence-corrected chi connectivity index (χ3v) is 4.79.